The number of carbonyl (C=O) groups excluding carboxylic acids is 3. The zero-order valence-corrected chi connectivity index (χ0v) is 48.0. The molecule has 0 heterocycles. The molecule has 0 amide bonds. The van der Waals surface area contributed by atoms with Gasteiger partial charge in [0.2, 0.25) is 0 Å². The molecule has 0 aliphatic rings. The zero-order chi connectivity index (χ0) is 50.9. The fraction of sp³-hybridized carbons (Fsp3) is 0.953. The normalized spacial score (nSPS) is 12.0. The van der Waals surface area contributed by atoms with Crippen LogP contribution in [0.4, 0.5) is 0 Å². The minimum Gasteiger partial charge on any atom is -0.462 e. The standard InChI is InChI=1S/C64H124O6/c1-5-7-9-11-13-15-17-19-20-21-25-28-32-36-40-44-48-52-56-63(66)69-59-61(58-68-62(65)55-51-47-43-39-35-30-18-16-14-12-10-8-6-2)70-64(67)57-53-49-45-41-37-33-29-26-23-22-24-27-31-34-38-42-46-50-54-60(3)4/h60-61H,5-59H2,1-4H3/t61-/m0/s1. The van der Waals surface area contributed by atoms with Crippen molar-refractivity contribution in [2.45, 2.75) is 374 Å². The van der Waals surface area contributed by atoms with Crippen LogP contribution in [0.3, 0.4) is 0 Å². The maximum Gasteiger partial charge on any atom is 0.306 e. The molecular weight excluding hydrogens is 865 g/mol. The average Bonchev–Trinajstić information content (AvgIpc) is 3.35. The second kappa shape index (κ2) is 58.3. The first-order valence-corrected chi connectivity index (χ1v) is 31.9. The molecule has 6 nitrogen and oxygen atoms in total. The number of esters is 3. The lowest BCUT2D eigenvalue weighted by molar-refractivity contribution is -0.167. The first-order chi connectivity index (χ1) is 34.4. The van der Waals surface area contributed by atoms with Gasteiger partial charge in [-0.2, -0.15) is 0 Å². The van der Waals surface area contributed by atoms with Gasteiger partial charge in [0, 0.05) is 19.3 Å². The average molecular weight is 990 g/mol. The molecule has 0 aliphatic heterocycles. The van der Waals surface area contributed by atoms with Gasteiger partial charge in [0.15, 0.2) is 6.10 Å². The molecule has 70 heavy (non-hydrogen) atoms. The van der Waals surface area contributed by atoms with Crippen LogP contribution >= 0.6 is 0 Å². The third-order valence-electron chi connectivity index (χ3n) is 14.8. The molecular formula is C64H124O6. The van der Waals surface area contributed by atoms with Gasteiger partial charge in [0.1, 0.15) is 13.2 Å². The lowest BCUT2D eigenvalue weighted by Crippen LogP contribution is -2.30. The Balaban J connectivity index is 4.25. The molecule has 0 unspecified atom stereocenters. The second-order valence-corrected chi connectivity index (χ2v) is 22.5. The summed E-state index contributed by atoms with van der Waals surface area (Å²) in [6.07, 6.45) is 65.3. The van der Waals surface area contributed by atoms with Crippen LogP contribution in [0.5, 0.6) is 0 Å². The van der Waals surface area contributed by atoms with E-state index < -0.39 is 6.10 Å². The summed E-state index contributed by atoms with van der Waals surface area (Å²) >= 11 is 0. The van der Waals surface area contributed by atoms with Crippen LogP contribution in [0, 0.1) is 5.92 Å². The van der Waals surface area contributed by atoms with Crippen molar-refractivity contribution in [1.29, 1.82) is 0 Å². The van der Waals surface area contributed by atoms with Gasteiger partial charge in [0.25, 0.3) is 0 Å². The van der Waals surface area contributed by atoms with Crippen LogP contribution in [0.25, 0.3) is 0 Å². The third-order valence-corrected chi connectivity index (χ3v) is 14.8. The predicted molar refractivity (Wildman–Crippen MR) is 303 cm³/mol. The smallest absolute Gasteiger partial charge is 0.306 e. The minimum atomic E-state index is -0.762. The fourth-order valence-electron chi connectivity index (χ4n) is 9.99. The first kappa shape index (κ1) is 68.4. The number of ether oxygens (including phenoxy) is 3. The van der Waals surface area contributed by atoms with Crippen molar-refractivity contribution in [3.05, 3.63) is 0 Å². The maximum absolute atomic E-state index is 12.9. The van der Waals surface area contributed by atoms with Crippen LogP contribution in [0.15, 0.2) is 0 Å². The van der Waals surface area contributed by atoms with Gasteiger partial charge in [0.05, 0.1) is 0 Å². The Morgan fingerprint density at radius 3 is 0.700 bits per heavy atom. The Labute approximate surface area is 438 Å². The van der Waals surface area contributed by atoms with Crippen LogP contribution in [0.1, 0.15) is 368 Å². The molecule has 416 valence electrons. The van der Waals surface area contributed by atoms with Crippen molar-refractivity contribution in [3.63, 3.8) is 0 Å². The van der Waals surface area contributed by atoms with Gasteiger partial charge in [-0.15, -0.1) is 0 Å². The molecule has 0 aliphatic carbocycles. The summed E-state index contributed by atoms with van der Waals surface area (Å²) in [5.74, 6) is 0.0304. The summed E-state index contributed by atoms with van der Waals surface area (Å²) in [6, 6.07) is 0. The van der Waals surface area contributed by atoms with Gasteiger partial charge in [-0.25, -0.2) is 0 Å². The van der Waals surface area contributed by atoms with E-state index in [-0.39, 0.29) is 31.1 Å². The molecule has 0 saturated heterocycles. The number of hydrogen-bond donors (Lipinski definition) is 0. The van der Waals surface area contributed by atoms with E-state index in [1.165, 1.54) is 263 Å². The highest BCUT2D eigenvalue weighted by Crippen LogP contribution is 2.19. The molecule has 0 aromatic rings. The molecule has 0 bridgehead atoms. The lowest BCUT2D eigenvalue weighted by Gasteiger charge is -2.18. The molecule has 6 heteroatoms. The predicted octanol–water partition coefficient (Wildman–Crippen LogP) is 21.4. The Morgan fingerprint density at radius 2 is 0.471 bits per heavy atom. The van der Waals surface area contributed by atoms with Crippen LogP contribution in [-0.4, -0.2) is 37.2 Å². The highest BCUT2D eigenvalue weighted by Gasteiger charge is 2.19. The van der Waals surface area contributed by atoms with Crippen molar-refractivity contribution >= 4 is 17.9 Å². The van der Waals surface area contributed by atoms with E-state index in [1.54, 1.807) is 0 Å². The largest absolute Gasteiger partial charge is 0.462 e. The highest BCUT2D eigenvalue weighted by atomic mass is 16.6. The van der Waals surface area contributed by atoms with E-state index in [9.17, 15) is 14.4 Å². The Bertz CT molecular complexity index is 1060. The first-order valence-electron chi connectivity index (χ1n) is 31.9. The van der Waals surface area contributed by atoms with E-state index in [2.05, 4.69) is 27.7 Å². The lowest BCUT2D eigenvalue weighted by atomic mass is 10.0. The van der Waals surface area contributed by atoms with Gasteiger partial charge in [-0.1, -0.05) is 329 Å². The SMILES string of the molecule is CCCCCCCCCCCCCCCCCCCCC(=O)OC[C@H](COC(=O)CCCCCCCCCCCCCCC)OC(=O)CCCCCCCCCCCCCCCCCCCCC(C)C. The van der Waals surface area contributed by atoms with Gasteiger partial charge >= 0.3 is 17.9 Å². The van der Waals surface area contributed by atoms with Crippen molar-refractivity contribution in [2.24, 2.45) is 5.92 Å². The van der Waals surface area contributed by atoms with E-state index in [1.807, 2.05) is 0 Å². The number of rotatable bonds is 59. The van der Waals surface area contributed by atoms with Gasteiger partial charge in [-0.3, -0.25) is 14.4 Å². The summed E-state index contributed by atoms with van der Waals surface area (Å²) in [7, 11) is 0. The van der Waals surface area contributed by atoms with Gasteiger partial charge in [-0.05, 0) is 25.2 Å². The van der Waals surface area contributed by atoms with Crippen molar-refractivity contribution < 1.29 is 28.6 Å². The fourth-order valence-corrected chi connectivity index (χ4v) is 9.99. The summed E-state index contributed by atoms with van der Waals surface area (Å²) in [5, 5.41) is 0. The summed E-state index contributed by atoms with van der Waals surface area (Å²) < 4.78 is 16.9. The molecule has 1 atom stereocenters. The number of carbonyl (C=O) groups is 3. The Hall–Kier alpha value is -1.59. The maximum atomic E-state index is 12.9. The van der Waals surface area contributed by atoms with Gasteiger partial charge < -0.3 is 14.2 Å². The molecule has 0 aromatic heterocycles. The molecule has 0 aromatic carbocycles. The molecule has 0 spiro atoms. The van der Waals surface area contributed by atoms with E-state index in [0.29, 0.717) is 19.3 Å². The Kier molecular flexibility index (Phi) is 57.0. The highest BCUT2D eigenvalue weighted by molar-refractivity contribution is 5.71. The molecule has 0 fully saturated rings. The zero-order valence-electron chi connectivity index (χ0n) is 48.0. The van der Waals surface area contributed by atoms with Crippen molar-refractivity contribution in [3.8, 4) is 0 Å². The summed E-state index contributed by atoms with van der Waals surface area (Å²) in [6.45, 7) is 9.10. The Morgan fingerprint density at radius 1 is 0.271 bits per heavy atom. The monoisotopic (exact) mass is 989 g/mol. The second-order valence-electron chi connectivity index (χ2n) is 22.5. The number of unbranched alkanes of at least 4 members (excludes halogenated alkanes) is 46. The minimum absolute atomic E-state index is 0.0611. The van der Waals surface area contributed by atoms with Crippen LogP contribution in [0.2, 0.25) is 0 Å². The molecule has 0 rings (SSSR count). The molecule has 0 N–H and O–H groups in total. The van der Waals surface area contributed by atoms with Crippen molar-refractivity contribution in [1.82, 2.24) is 0 Å². The number of hydrogen-bond acceptors (Lipinski definition) is 6. The van der Waals surface area contributed by atoms with E-state index >= 15 is 0 Å². The molecule has 0 saturated carbocycles. The van der Waals surface area contributed by atoms with E-state index in [4.69, 9.17) is 14.2 Å². The summed E-state index contributed by atoms with van der Waals surface area (Å²) in [4.78, 5) is 38.3. The van der Waals surface area contributed by atoms with Crippen LogP contribution < -0.4 is 0 Å². The summed E-state index contributed by atoms with van der Waals surface area (Å²) in [5.41, 5.74) is 0. The van der Waals surface area contributed by atoms with Crippen LogP contribution in [-0.2, 0) is 28.6 Å². The van der Waals surface area contributed by atoms with E-state index in [0.717, 1.165) is 63.7 Å². The quantitative estimate of drug-likeness (QED) is 0.0343. The third kappa shape index (κ3) is 57.3. The topological polar surface area (TPSA) is 78.9 Å². The van der Waals surface area contributed by atoms with Crippen molar-refractivity contribution in [2.75, 3.05) is 13.2 Å². The molecule has 0 radical (unpaired) electrons.